The third-order valence-corrected chi connectivity index (χ3v) is 6.19. The van der Waals surface area contributed by atoms with E-state index < -0.39 is 28.4 Å². The van der Waals surface area contributed by atoms with Crippen LogP contribution < -0.4 is 9.80 Å². The Hall–Kier alpha value is -3.76. The van der Waals surface area contributed by atoms with Crippen molar-refractivity contribution < 1.29 is 29.5 Å². The maximum Gasteiger partial charge on any atom is 0.414 e. The van der Waals surface area contributed by atoms with Crippen molar-refractivity contribution in [2.24, 2.45) is 5.92 Å². The van der Waals surface area contributed by atoms with Crippen LogP contribution in [-0.2, 0) is 21.7 Å². The second kappa shape index (κ2) is 9.24. The number of nitrogens with zero attached hydrogens (tertiary/aromatic N) is 3. The molecule has 2 N–H and O–H groups in total. The third kappa shape index (κ3) is 4.02. The van der Waals surface area contributed by atoms with Gasteiger partial charge in [-0.15, -0.1) is 0 Å². The van der Waals surface area contributed by atoms with Crippen LogP contribution in [0.5, 0.6) is 0 Å². The van der Waals surface area contributed by atoms with Gasteiger partial charge >= 0.3 is 6.09 Å². The van der Waals surface area contributed by atoms with Gasteiger partial charge in [0.15, 0.2) is 5.60 Å². The molecule has 0 radical (unpaired) electrons. The number of ether oxygens (including phenoxy) is 1. The van der Waals surface area contributed by atoms with Gasteiger partial charge in [0.2, 0.25) is 0 Å². The average Bonchev–Trinajstić information content (AvgIpc) is 3.35. The number of nitro benzene ring substituents is 1. The Bertz CT molecular complexity index is 1150. The van der Waals surface area contributed by atoms with E-state index in [9.17, 15) is 24.8 Å². The number of cyclic esters (lactones) is 1. The molecule has 4 rings (SSSR count). The van der Waals surface area contributed by atoms with Crippen molar-refractivity contribution in [2.75, 3.05) is 29.6 Å². The summed E-state index contributed by atoms with van der Waals surface area (Å²) in [5, 5.41) is 32.0. The number of aliphatic hydroxyl groups is 2. The van der Waals surface area contributed by atoms with E-state index >= 15 is 0 Å². The molecule has 1 fully saturated rings. The van der Waals surface area contributed by atoms with Gasteiger partial charge in [-0.3, -0.25) is 19.8 Å². The van der Waals surface area contributed by atoms with Crippen molar-refractivity contribution in [1.29, 1.82) is 0 Å². The number of carbonyl (C=O) groups excluding carboxylic acids is 2. The molecule has 2 heterocycles. The first-order valence-electron chi connectivity index (χ1n) is 10.9. The van der Waals surface area contributed by atoms with Gasteiger partial charge in [-0.05, 0) is 30.2 Å². The summed E-state index contributed by atoms with van der Waals surface area (Å²) >= 11 is 0. The largest absolute Gasteiger partial charge is 0.447 e. The van der Waals surface area contributed by atoms with E-state index in [4.69, 9.17) is 9.84 Å². The molecule has 0 saturated carbocycles. The Morgan fingerprint density at radius 3 is 2.59 bits per heavy atom. The van der Waals surface area contributed by atoms with Gasteiger partial charge in [0.1, 0.15) is 6.61 Å². The number of anilines is 2. The Balaban J connectivity index is 1.66. The van der Waals surface area contributed by atoms with E-state index in [1.165, 1.54) is 28.0 Å². The van der Waals surface area contributed by atoms with Crippen LogP contribution in [0.15, 0.2) is 54.6 Å². The summed E-state index contributed by atoms with van der Waals surface area (Å²) in [4.78, 5) is 39.0. The molecule has 2 atom stereocenters. The minimum Gasteiger partial charge on any atom is -0.447 e. The fourth-order valence-electron chi connectivity index (χ4n) is 4.31. The Labute approximate surface area is 195 Å². The number of carbonyl (C=O) groups is 2. The van der Waals surface area contributed by atoms with Gasteiger partial charge in [-0.25, -0.2) is 4.79 Å². The number of benzene rings is 2. The van der Waals surface area contributed by atoms with Crippen LogP contribution in [0, 0.1) is 16.0 Å². The van der Waals surface area contributed by atoms with Crippen LogP contribution in [0.4, 0.5) is 21.9 Å². The number of rotatable bonds is 8. The molecule has 0 bridgehead atoms. The molecule has 2 amide bonds. The van der Waals surface area contributed by atoms with Crippen molar-refractivity contribution in [3.63, 3.8) is 0 Å². The summed E-state index contributed by atoms with van der Waals surface area (Å²) in [5.74, 6) is -1.28. The molecular weight excluding hydrogens is 442 g/mol. The topological polar surface area (TPSA) is 133 Å². The second-order valence-electron chi connectivity index (χ2n) is 8.28. The first-order chi connectivity index (χ1) is 16.3. The lowest BCUT2D eigenvalue weighted by atomic mass is 9.82. The van der Waals surface area contributed by atoms with E-state index in [0.717, 1.165) is 5.56 Å². The number of amides is 2. The lowest BCUT2D eigenvalue weighted by Crippen LogP contribution is -2.44. The quantitative estimate of drug-likeness (QED) is 0.346. The van der Waals surface area contributed by atoms with E-state index in [-0.39, 0.29) is 24.4 Å². The minimum absolute atomic E-state index is 0.0745. The maximum absolute atomic E-state index is 13.5. The highest BCUT2D eigenvalue weighted by molar-refractivity contribution is 6.07. The highest BCUT2D eigenvalue weighted by Gasteiger charge is 2.53. The predicted molar refractivity (Wildman–Crippen MR) is 123 cm³/mol. The molecule has 2 aromatic rings. The Morgan fingerprint density at radius 2 is 1.97 bits per heavy atom. The summed E-state index contributed by atoms with van der Waals surface area (Å²) in [6.45, 7) is 2.50. The Kier molecular flexibility index (Phi) is 6.36. The molecule has 2 aromatic carbocycles. The zero-order valence-electron chi connectivity index (χ0n) is 18.6. The zero-order valence-corrected chi connectivity index (χ0v) is 18.6. The van der Waals surface area contributed by atoms with Crippen LogP contribution in [0.3, 0.4) is 0 Å². The number of nitro groups is 1. The highest BCUT2D eigenvalue weighted by Crippen LogP contribution is 2.47. The van der Waals surface area contributed by atoms with Gasteiger partial charge in [-0.2, -0.15) is 0 Å². The average molecular weight is 467 g/mol. The molecule has 34 heavy (non-hydrogen) atoms. The van der Waals surface area contributed by atoms with Crippen molar-refractivity contribution in [2.45, 2.75) is 25.5 Å². The fraction of sp³-hybridized carbons (Fsp3) is 0.333. The number of hydrogen-bond donors (Lipinski definition) is 2. The predicted octanol–water partition coefficient (Wildman–Crippen LogP) is 2.86. The molecule has 10 heteroatoms. The van der Waals surface area contributed by atoms with E-state index in [1.54, 1.807) is 43.3 Å². The van der Waals surface area contributed by atoms with Crippen molar-refractivity contribution in [3.8, 4) is 0 Å². The maximum atomic E-state index is 13.5. The Morgan fingerprint density at radius 1 is 1.24 bits per heavy atom. The standard InChI is InChI=1S/C24H25N3O7/c1-16(4-2-3-12-28)24(31)20-14-19(27(32)33)9-10-21(20)26(22(24)29)15-17-5-7-18(8-6-17)25-11-13-34-23(25)30/h2,4-10,14,16,28,31H,3,11-13,15H2,1H3/b4-2+/t16-,24+/m0/s1. The van der Waals surface area contributed by atoms with Crippen LogP contribution >= 0.6 is 0 Å². The third-order valence-electron chi connectivity index (χ3n) is 6.19. The first kappa shape index (κ1) is 23.4. The molecule has 1 saturated heterocycles. The van der Waals surface area contributed by atoms with Crippen molar-refractivity contribution >= 4 is 29.1 Å². The second-order valence-corrected chi connectivity index (χ2v) is 8.28. The lowest BCUT2D eigenvalue weighted by molar-refractivity contribution is -0.385. The number of hydrogen-bond acceptors (Lipinski definition) is 7. The number of non-ortho nitro benzene ring substituents is 1. The summed E-state index contributed by atoms with van der Waals surface area (Å²) in [6.07, 6.45) is 3.24. The van der Waals surface area contributed by atoms with Gasteiger partial charge in [0, 0.05) is 35.9 Å². The molecule has 10 nitrogen and oxygen atoms in total. The molecule has 178 valence electrons. The van der Waals surface area contributed by atoms with Crippen molar-refractivity contribution in [3.05, 3.63) is 75.9 Å². The van der Waals surface area contributed by atoms with Gasteiger partial charge in [0.25, 0.3) is 11.6 Å². The summed E-state index contributed by atoms with van der Waals surface area (Å²) < 4.78 is 4.96. The normalized spacial score (nSPS) is 20.7. The molecule has 0 spiro atoms. The van der Waals surface area contributed by atoms with Crippen LogP contribution in [0.2, 0.25) is 0 Å². The zero-order chi connectivity index (χ0) is 24.5. The molecule has 2 aliphatic heterocycles. The summed E-state index contributed by atoms with van der Waals surface area (Å²) in [6, 6.07) is 11.1. The smallest absolute Gasteiger partial charge is 0.414 e. The van der Waals surface area contributed by atoms with E-state index in [1.807, 2.05) is 0 Å². The minimum atomic E-state index is -1.99. The van der Waals surface area contributed by atoms with Gasteiger partial charge < -0.3 is 19.8 Å². The van der Waals surface area contributed by atoms with Gasteiger partial charge in [0.05, 0.1) is 23.7 Å². The molecule has 0 aromatic heterocycles. The van der Waals surface area contributed by atoms with Crippen molar-refractivity contribution in [1.82, 2.24) is 0 Å². The van der Waals surface area contributed by atoms with Crippen LogP contribution in [-0.4, -0.2) is 46.9 Å². The fourth-order valence-corrected chi connectivity index (χ4v) is 4.31. The summed E-state index contributed by atoms with van der Waals surface area (Å²) in [5.41, 5.74) is -0.222. The number of fused-ring (bicyclic) bond motifs is 1. The molecular formula is C24H25N3O7. The SMILES string of the molecule is C[C@@H](/C=C/CCO)[C@]1(O)C(=O)N(Cc2ccc(N3CCOC3=O)cc2)c2ccc([N+](=O)[O-])cc21. The van der Waals surface area contributed by atoms with E-state index in [2.05, 4.69) is 0 Å². The number of aliphatic hydroxyl groups excluding tert-OH is 1. The van der Waals surface area contributed by atoms with E-state index in [0.29, 0.717) is 30.9 Å². The molecule has 0 aliphatic carbocycles. The molecule has 0 unspecified atom stereocenters. The summed E-state index contributed by atoms with van der Waals surface area (Å²) in [7, 11) is 0. The first-order valence-corrected chi connectivity index (χ1v) is 10.9. The monoisotopic (exact) mass is 467 g/mol. The van der Waals surface area contributed by atoms with Gasteiger partial charge in [-0.1, -0.05) is 31.2 Å². The van der Waals surface area contributed by atoms with Crippen LogP contribution in [0.25, 0.3) is 0 Å². The highest BCUT2D eigenvalue weighted by atomic mass is 16.6. The lowest BCUT2D eigenvalue weighted by Gasteiger charge is -2.27. The molecule has 2 aliphatic rings. The van der Waals surface area contributed by atoms with Crippen LogP contribution in [0.1, 0.15) is 24.5 Å².